The van der Waals surface area contributed by atoms with E-state index in [0.717, 1.165) is 37.7 Å². The van der Waals surface area contributed by atoms with Crippen molar-refractivity contribution in [3.8, 4) is 0 Å². The molecule has 0 aliphatic carbocycles. The first-order valence-electron chi connectivity index (χ1n) is 8.90. The van der Waals surface area contributed by atoms with Crippen LogP contribution in [0, 0.1) is 0 Å². The van der Waals surface area contributed by atoms with Crippen LogP contribution in [0.2, 0.25) is 0 Å². The molecular formula is C18H28N2O3S. The van der Waals surface area contributed by atoms with E-state index in [-0.39, 0.29) is 5.91 Å². The molecular weight excluding hydrogens is 324 g/mol. The molecule has 2 rings (SSSR count). The molecule has 0 aromatic heterocycles. The fourth-order valence-corrected chi connectivity index (χ4v) is 4.44. The second-order valence-corrected chi connectivity index (χ2v) is 8.25. The van der Waals surface area contributed by atoms with Gasteiger partial charge in [-0.15, -0.1) is 0 Å². The van der Waals surface area contributed by atoms with Crippen LogP contribution in [0.15, 0.2) is 29.2 Å². The molecule has 0 radical (unpaired) electrons. The van der Waals surface area contributed by atoms with E-state index in [9.17, 15) is 13.2 Å². The predicted molar refractivity (Wildman–Crippen MR) is 95.3 cm³/mol. The average molecular weight is 353 g/mol. The first-order chi connectivity index (χ1) is 11.5. The van der Waals surface area contributed by atoms with E-state index in [1.165, 1.54) is 0 Å². The quantitative estimate of drug-likeness (QED) is 0.820. The lowest BCUT2D eigenvalue weighted by molar-refractivity contribution is -0.121. The zero-order valence-electron chi connectivity index (χ0n) is 14.5. The van der Waals surface area contributed by atoms with Crippen molar-refractivity contribution >= 4 is 15.9 Å². The number of benzene rings is 1. The predicted octanol–water partition coefficient (Wildman–Crippen LogP) is 2.71. The minimum atomic E-state index is -3.38. The van der Waals surface area contributed by atoms with Gasteiger partial charge in [-0.3, -0.25) is 4.79 Å². The molecule has 1 aromatic rings. The molecule has 1 aromatic carbocycles. The van der Waals surface area contributed by atoms with Crippen molar-refractivity contribution in [3.63, 3.8) is 0 Å². The van der Waals surface area contributed by atoms with Crippen molar-refractivity contribution < 1.29 is 13.2 Å². The highest BCUT2D eigenvalue weighted by Gasteiger charge is 2.24. The van der Waals surface area contributed by atoms with Gasteiger partial charge in [-0.1, -0.05) is 31.9 Å². The maximum absolute atomic E-state index is 12.7. The first-order valence-corrected chi connectivity index (χ1v) is 10.3. The fraction of sp³-hybridized carbons (Fsp3) is 0.611. The molecule has 0 bridgehead atoms. The summed E-state index contributed by atoms with van der Waals surface area (Å²) in [5.74, 6) is 0.0675. The van der Waals surface area contributed by atoms with E-state index in [1.807, 2.05) is 19.1 Å². The zero-order valence-corrected chi connectivity index (χ0v) is 15.3. The molecule has 134 valence electrons. The number of rotatable bonds is 7. The molecule has 0 atom stereocenters. The summed E-state index contributed by atoms with van der Waals surface area (Å²) >= 11 is 0. The lowest BCUT2D eigenvalue weighted by atomic mass is 10.1. The van der Waals surface area contributed by atoms with Gasteiger partial charge >= 0.3 is 0 Å². The lowest BCUT2D eigenvalue weighted by Gasteiger charge is -2.20. The normalized spacial score (nSPS) is 16.5. The number of nitrogens with zero attached hydrogens (tertiary/aromatic N) is 1. The summed E-state index contributed by atoms with van der Waals surface area (Å²) in [6.45, 7) is 3.79. The second kappa shape index (κ2) is 9.18. The van der Waals surface area contributed by atoms with Crippen LogP contribution < -0.4 is 5.32 Å². The van der Waals surface area contributed by atoms with Gasteiger partial charge in [-0.25, -0.2) is 8.42 Å². The molecule has 1 aliphatic rings. The van der Waals surface area contributed by atoms with E-state index in [1.54, 1.807) is 16.4 Å². The Labute approximate surface area is 145 Å². The smallest absolute Gasteiger partial charge is 0.243 e. The molecule has 5 nitrogen and oxygen atoms in total. The molecule has 1 amide bonds. The second-order valence-electron chi connectivity index (χ2n) is 6.31. The molecule has 0 saturated carbocycles. The van der Waals surface area contributed by atoms with Crippen LogP contribution in [-0.2, 0) is 21.2 Å². The highest BCUT2D eigenvalue weighted by molar-refractivity contribution is 7.89. The van der Waals surface area contributed by atoms with Gasteiger partial charge in [-0.2, -0.15) is 4.31 Å². The summed E-state index contributed by atoms with van der Waals surface area (Å²) in [5, 5.41) is 2.87. The summed E-state index contributed by atoms with van der Waals surface area (Å²) in [5.41, 5.74) is 1.03. The van der Waals surface area contributed by atoms with E-state index in [0.29, 0.717) is 37.4 Å². The van der Waals surface area contributed by atoms with E-state index >= 15 is 0 Å². The summed E-state index contributed by atoms with van der Waals surface area (Å²) in [6, 6.07) is 7.06. The van der Waals surface area contributed by atoms with Crippen LogP contribution in [0.1, 0.15) is 51.0 Å². The molecule has 0 spiro atoms. The van der Waals surface area contributed by atoms with Gasteiger partial charge in [0.05, 0.1) is 4.90 Å². The molecule has 1 saturated heterocycles. The summed E-state index contributed by atoms with van der Waals surface area (Å²) in [7, 11) is -3.38. The Bertz CT molecular complexity index is 618. The largest absolute Gasteiger partial charge is 0.356 e. The number of carbonyl (C=O) groups excluding carboxylic acids is 1. The summed E-state index contributed by atoms with van der Waals surface area (Å²) < 4.78 is 27.0. The fourth-order valence-electron chi connectivity index (χ4n) is 2.92. The van der Waals surface area contributed by atoms with Crippen LogP contribution in [-0.4, -0.2) is 38.3 Å². The van der Waals surface area contributed by atoms with E-state index in [4.69, 9.17) is 0 Å². The molecule has 1 aliphatic heterocycles. The molecule has 1 heterocycles. The van der Waals surface area contributed by atoms with Gasteiger partial charge in [0.1, 0.15) is 0 Å². The van der Waals surface area contributed by atoms with Crippen LogP contribution in [0.25, 0.3) is 0 Å². The highest BCUT2D eigenvalue weighted by atomic mass is 32.2. The Kier molecular flexibility index (Phi) is 7.24. The number of carbonyl (C=O) groups is 1. The topological polar surface area (TPSA) is 66.5 Å². The number of hydrogen-bond donors (Lipinski definition) is 1. The van der Waals surface area contributed by atoms with Crippen molar-refractivity contribution in [2.45, 2.75) is 56.8 Å². The minimum Gasteiger partial charge on any atom is -0.356 e. The molecule has 6 heteroatoms. The van der Waals surface area contributed by atoms with Crippen molar-refractivity contribution in [1.29, 1.82) is 0 Å². The third-order valence-electron chi connectivity index (χ3n) is 4.34. The van der Waals surface area contributed by atoms with Crippen LogP contribution in [0.3, 0.4) is 0 Å². The SMILES string of the molecule is CCCC(=O)NCCc1ccc(S(=O)(=O)N2CCCCCC2)cc1. The van der Waals surface area contributed by atoms with Crippen molar-refractivity contribution in [2.24, 2.45) is 0 Å². The van der Waals surface area contributed by atoms with Crippen molar-refractivity contribution in [2.75, 3.05) is 19.6 Å². The molecule has 24 heavy (non-hydrogen) atoms. The number of sulfonamides is 1. The van der Waals surface area contributed by atoms with Crippen LogP contribution >= 0.6 is 0 Å². The number of hydrogen-bond acceptors (Lipinski definition) is 3. The summed E-state index contributed by atoms with van der Waals surface area (Å²) in [4.78, 5) is 11.8. The highest BCUT2D eigenvalue weighted by Crippen LogP contribution is 2.20. The third kappa shape index (κ3) is 5.31. The van der Waals surface area contributed by atoms with Crippen molar-refractivity contribution in [1.82, 2.24) is 9.62 Å². The van der Waals surface area contributed by atoms with Gasteiger partial charge in [0.25, 0.3) is 0 Å². The molecule has 0 unspecified atom stereocenters. The van der Waals surface area contributed by atoms with E-state index in [2.05, 4.69) is 5.32 Å². The Balaban J connectivity index is 1.94. The van der Waals surface area contributed by atoms with Gasteiger partial charge in [0.2, 0.25) is 15.9 Å². The third-order valence-corrected chi connectivity index (χ3v) is 6.25. The monoisotopic (exact) mass is 352 g/mol. The van der Waals surface area contributed by atoms with E-state index < -0.39 is 10.0 Å². The Morgan fingerprint density at radius 3 is 2.29 bits per heavy atom. The lowest BCUT2D eigenvalue weighted by Crippen LogP contribution is -2.31. The minimum absolute atomic E-state index is 0.0675. The maximum atomic E-state index is 12.7. The number of amides is 1. The first kappa shape index (κ1) is 18.9. The Hall–Kier alpha value is -1.40. The zero-order chi connectivity index (χ0) is 17.4. The van der Waals surface area contributed by atoms with Gasteiger partial charge in [-0.05, 0) is 43.4 Å². The molecule has 1 N–H and O–H groups in total. The van der Waals surface area contributed by atoms with Crippen LogP contribution in [0.5, 0.6) is 0 Å². The summed E-state index contributed by atoms with van der Waals surface area (Å²) in [6.07, 6.45) is 6.19. The molecule has 1 fully saturated rings. The van der Waals surface area contributed by atoms with Crippen molar-refractivity contribution in [3.05, 3.63) is 29.8 Å². The van der Waals surface area contributed by atoms with Gasteiger partial charge < -0.3 is 5.32 Å². The van der Waals surface area contributed by atoms with Gasteiger partial charge in [0.15, 0.2) is 0 Å². The standard InChI is InChI=1S/C18H28N2O3S/c1-2-7-18(21)19-13-12-16-8-10-17(11-9-16)24(22,23)20-14-5-3-4-6-15-20/h8-11H,2-7,12-15H2,1H3,(H,19,21). The Morgan fingerprint density at radius 1 is 1.08 bits per heavy atom. The average Bonchev–Trinajstić information content (AvgIpc) is 2.85. The number of nitrogens with one attached hydrogen (secondary N) is 1. The Morgan fingerprint density at radius 2 is 1.71 bits per heavy atom. The van der Waals surface area contributed by atoms with Gasteiger partial charge in [0, 0.05) is 26.1 Å². The van der Waals surface area contributed by atoms with Crippen LogP contribution in [0.4, 0.5) is 0 Å². The maximum Gasteiger partial charge on any atom is 0.243 e.